The van der Waals surface area contributed by atoms with Crippen LogP contribution in [-0.4, -0.2) is 28.6 Å². The molecule has 19 heavy (non-hydrogen) atoms. The van der Waals surface area contributed by atoms with Crippen LogP contribution in [0.25, 0.3) is 0 Å². The molecular weight excluding hydrogens is 264 g/mol. The van der Waals surface area contributed by atoms with Crippen molar-refractivity contribution in [3.8, 4) is 0 Å². The van der Waals surface area contributed by atoms with Gasteiger partial charge in [0.15, 0.2) is 0 Å². The third kappa shape index (κ3) is 2.20. The molecule has 4 nitrogen and oxygen atoms in total. The van der Waals surface area contributed by atoms with Crippen LogP contribution >= 0.6 is 11.6 Å². The molecule has 1 aromatic heterocycles. The van der Waals surface area contributed by atoms with E-state index in [9.17, 15) is 5.11 Å². The average molecular weight is 287 g/mol. The van der Waals surface area contributed by atoms with E-state index in [0.717, 1.165) is 0 Å². The second-order valence-electron chi connectivity index (χ2n) is 6.46. The monoisotopic (exact) mass is 286 g/mol. The van der Waals surface area contributed by atoms with E-state index in [4.69, 9.17) is 16.3 Å². The van der Waals surface area contributed by atoms with E-state index in [0.29, 0.717) is 23.9 Å². The topological polar surface area (TPSA) is 47.3 Å². The summed E-state index contributed by atoms with van der Waals surface area (Å²) in [7, 11) is 1.65. The fraction of sp³-hybridized carbons (Fsp3) is 0.786. The van der Waals surface area contributed by atoms with Gasteiger partial charge in [0, 0.05) is 13.0 Å². The number of rotatable bonds is 5. The quantitative estimate of drug-likeness (QED) is 0.905. The van der Waals surface area contributed by atoms with Gasteiger partial charge in [-0.1, -0.05) is 39.3 Å². The van der Waals surface area contributed by atoms with Crippen LogP contribution in [0.15, 0.2) is 6.20 Å². The van der Waals surface area contributed by atoms with Crippen LogP contribution in [0.4, 0.5) is 0 Å². The molecule has 1 unspecified atom stereocenters. The number of aliphatic hydroxyl groups excluding tert-OH is 1. The molecule has 1 fully saturated rings. The number of hydrogen-bond donors (Lipinski definition) is 1. The van der Waals surface area contributed by atoms with E-state index in [1.807, 2.05) is 0 Å². The summed E-state index contributed by atoms with van der Waals surface area (Å²) in [5.41, 5.74) is 0.917. The Labute approximate surface area is 119 Å². The van der Waals surface area contributed by atoms with Gasteiger partial charge in [0.05, 0.1) is 30.1 Å². The summed E-state index contributed by atoms with van der Waals surface area (Å²) in [6.07, 6.45) is 1.01. The molecule has 1 atom stereocenters. The third-order valence-electron chi connectivity index (χ3n) is 5.07. The van der Waals surface area contributed by atoms with Crippen LogP contribution in [0.3, 0.4) is 0 Å². The van der Waals surface area contributed by atoms with Gasteiger partial charge in [0.2, 0.25) is 0 Å². The van der Waals surface area contributed by atoms with Gasteiger partial charge in [0.25, 0.3) is 0 Å². The molecule has 2 rings (SSSR count). The van der Waals surface area contributed by atoms with Crippen molar-refractivity contribution in [3.05, 3.63) is 16.9 Å². The average Bonchev–Trinajstić information content (AvgIpc) is 2.59. The highest BCUT2D eigenvalue weighted by Gasteiger charge is 2.67. The molecule has 1 N–H and O–H groups in total. The van der Waals surface area contributed by atoms with Gasteiger partial charge in [-0.05, 0) is 10.8 Å². The second kappa shape index (κ2) is 4.76. The highest BCUT2D eigenvalue weighted by atomic mass is 35.5. The van der Waals surface area contributed by atoms with Crippen LogP contribution < -0.4 is 0 Å². The standard InChI is InChI=1S/C14H23ClN2O2/c1-13(2)12(14(13,3)4)11(18)10-9(15)8-16-17(10)6-7-19-5/h8,11-12,18H,6-7H2,1-5H3. The Morgan fingerprint density at radius 3 is 2.47 bits per heavy atom. The summed E-state index contributed by atoms with van der Waals surface area (Å²) in [4.78, 5) is 0. The van der Waals surface area contributed by atoms with Crippen LogP contribution in [0.2, 0.25) is 5.02 Å². The molecule has 0 spiro atoms. The van der Waals surface area contributed by atoms with E-state index in [1.165, 1.54) is 0 Å². The molecular formula is C14H23ClN2O2. The lowest BCUT2D eigenvalue weighted by Crippen LogP contribution is -2.15. The molecule has 0 aromatic carbocycles. The second-order valence-corrected chi connectivity index (χ2v) is 6.87. The molecule has 1 saturated carbocycles. The number of nitrogens with zero attached hydrogens (tertiary/aromatic N) is 2. The molecule has 108 valence electrons. The Bertz CT molecular complexity index is 454. The van der Waals surface area contributed by atoms with E-state index in [-0.39, 0.29) is 16.7 Å². The predicted octanol–water partition coefficient (Wildman–Crippen LogP) is 2.90. The Morgan fingerprint density at radius 2 is 2.00 bits per heavy atom. The first-order valence-corrected chi connectivity index (χ1v) is 7.01. The van der Waals surface area contributed by atoms with Crippen molar-refractivity contribution in [1.29, 1.82) is 0 Å². The van der Waals surface area contributed by atoms with Crippen LogP contribution in [0.1, 0.15) is 39.5 Å². The number of hydrogen-bond acceptors (Lipinski definition) is 3. The maximum absolute atomic E-state index is 10.7. The lowest BCUT2D eigenvalue weighted by atomic mass is 10.0. The summed E-state index contributed by atoms with van der Waals surface area (Å²) < 4.78 is 6.81. The van der Waals surface area contributed by atoms with Crippen molar-refractivity contribution >= 4 is 11.6 Å². The molecule has 1 aliphatic rings. The normalized spacial score (nSPS) is 22.5. The van der Waals surface area contributed by atoms with Crippen molar-refractivity contribution in [2.75, 3.05) is 13.7 Å². The van der Waals surface area contributed by atoms with E-state index >= 15 is 0 Å². The van der Waals surface area contributed by atoms with Gasteiger partial charge in [-0.15, -0.1) is 0 Å². The number of ether oxygens (including phenoxy) is 1. The summed E-state index contributed by atoms with van der Waals surface area (Å²) in [6.45, 7) is 9.89. The maximum Gasteiger partial charge on any atom is 0.101 e. The highest BCUT2D eigenvalue weighted by molar-refractivity contribution is 6.31. The molecule has 1 aromatic rings. The van der Waals surface area contributed by atoms with Gasteiger partial charge in [-0.25, -0.2) is 0 Å². The van der Waals surface area contributed by atoms with Crippen molar-refractivity contribution in [3.63, 3.8) is 0 Å². The first-order chi connectivity index (χ1) is 8.75. The number of aliphatic hydroxyl groups is 1. The van der Waals surface area contributed by atoms with Gasteiger partial charge in [-0.3, -0.25) is 4.68 Å². The molecule has 5 heteroatoms. The SMILES string of the molecule is COCCn1ncc(Cl)c1C(O)C1C(C)(C)C1(C)C. The first-order valence-electron chi connectivity index (χ1n) is 6.63. The first kappa shape index (κ1) is 14.8. The Hall–Kier alpha value is -0.580. The Morgan fingerprint density at radius 1 is 1.42 bits per heavy atom. The van der Waals surface area contributed by atoms with Crippen molar-refractivity contribution in [2.45, 2.75) is 40.3 Å². The number of halogens is 1. The minimum absolute atomic E-state index is 0.103. The van der Waals surface area contributed by atoms with Crippen LogP contribution in [0.5, 0.6) is 0 Å². The van der Waals surface area contributed by atoms with Crippen molar-refractivity contribution in [2.24, 2.45) is 16.7 Å². The molecule has 0 amide bonds. The number of methoxy groups -OCH3 is 1. The van der Waals surface area contributed by atoms with Crippen molar-refractivity contribution < 1.29 is 9.84 Å². The van der Waals surface area contributed by atoms with E-state index in [2.05, 4.69) is 32.8 Å². The van der Waals surface area contributed by atoms with Crippen molar-refractivity contribution in [1.82, 2.24) is 9.78 Å². The molecule has 1 heterocycles. The Kier molecular flexibility index (Phi) is 3.71. The lowest BCUT2D eigenvalue weighted by Gasteiger charge is -2.16. The fourth-order valence-corrected chi connectivity index (χ4v) is 3.47. The molecule has 0 radical (unpaired) electrons. The lowest BCUT2D eigenvalue weighted by molar-refractivity contribution is 0.116. The van der Waals surface area contributed by atoms with Gasteiger partial charge in [-0.2, -0.15) is 5.10 Å². The summed E-state index contributed by atoms with van der Waals surface area (Å²) in [5.74, 6) is 0.190. The molecule has 0 saturated heterocycles. The highest BCUT2D eigenvalue weighted by Crippen LogP contribution is 2.72. The summed E-state index contributed by atoms with van der Waals surface area (Å²) >= 11 is 6.19. The van der Waals surface area contributed by atoms with Gasteiger partial charge < -0.3 is 9.84 Å². The smallest absolute Gasteiger partial charge is 0.101 e. The van der Waals surface area contributed by atoms with Crippen LogP contribution in [0, 0.1) is 16.7 Å². The summed E-state index contributed by atoms with van der Waals surface area (Å²) in [6, 6.07) is 0. The maximum atomic E-state index is 10.7. The molecule has 1 aliphatic carbocycles. The van der Waals surface area contributed by atoms with Crippen LogP contribution in [-0.2, 0) is 11.3 Å². The predicted molar refractivity (Wildman–Crippen MR) is 75.1 cm³/mol. The zero-order valence-electron chi connectivity index (χ0n) is 12.3. The third-order valence-corrected chi connectivity index (χ3v) is 5.36. The zero-order valence-corrected chi connectivity index (χ0v) is 13.0. The minimum Gasteiger partial charge on any atom is -0.386 e. The zero-order chi connectivity index (χ0) is 14.4. The minimum atomic E-state index is -0.586. The Balaban J connectivity index is 2.25. The number of aromatic nitrogens is 2. The van der Waals surface area contributed by atoms with Gasteiger partial charge >= 0.3 is 0 Å². The molecule has 0 bridgehead atoms. The van der Waals surface area contributed by atoms with E-state index in [1.54, 1.807) is 18.0 Å². The van der Waals surface area contributed by atoms with Gasteiger partial charge in [0.1, 0.15) is 6.10 Å². The summed E-state index contributed by atoms with van der Waals surface area (Å²) in [5, 5.41) is 15.4. The van der Waals surface area contributed by atoms with E-state index < -0.39 is 6.10 Å². The molecule has 0 aliphatic heterocycles. The fourth-order valence-electron chi connectivity index (χ4n) is 3.22. The largest absolute Gasteiger partial charge is 0.386 e.